The molecule has 4 heterocycles. The van der Waals surface area contributed by atoms with Crippen molar-refractivity contribution in [2.75, 3.05) is 13.1 Å². The Morgan fingerprint density at radius 1 is 1.29 bits per heavy atom. The number of carbonyl (C=O) groups excluding carboxylic acids is 2. The molecule has 2 aromatic heterocycles. The number of aromatic nitrogens is 4. The molecule has 8 nitrogen and oxygen atoms in total. The monoisotopic (exact) mass is 498 g/mol. The lowest BCUT2D eigenvalue weighted by Crippen LogP contribution is -2.63. The molecule has 0 spiro atoms. The van der Waals surface area contributed by atoms with Gasteiger partial charge >= 0.3 is 0 Å². The van der Waals surface area contributed by atoms with E-state index in [1.54, 1.807) is 47.5 Å². The molecule has 0 radical (unpaired) electrons. The average molecular weight is 499 g/mol. The normalized spacial score (nSPS) is 17.0. The molecule has 1 fully saturated rings. The molecule has 1 N–H and O–H groups in total. The van der Waals surface area contributed by atoms with E-state index < -0.39 is 5.54 Å². The van der Waals surface area contributed by atoms with Crippen molar-refractivity contribution in [3.05, 3.63) is 52.5 Å². The first-order valence-corrected chi connectivity index (χ1v) is 11.6. The second-order valence-electron chi connectivity index (χ2n) is 7.87. The molecule has 0 aliphatic carbocycles. The summed E-state index contributed by atoms with van der Waals surface area (Å²) in [5.74, 6) is 0.886. The zero-order valence-electron chi connectivity index (χ0n) is 16.9. The van der Waals surface area contributed by atoms with Gasteiger partial charge in [0.2, 0.25) is 5.91 Å². The summed E-state index contributed by atoms with van der Waals surface area (Å²) in [5, 5.41) is 7.56. The van der Waals surface area contributed by atoms with Gasteiger partial charge in [0.05, 0.1) is 10.6 Å². The van der Waals surface area contributed by atoms with Gasteiger partial charge in [0, 0.05) is 41.1 Å². The first-order valence-electron chi connectivity index (χ1n) is 9.79. The lowest BCUT2D eigenvalue weighted by molar-refractivity contribution is -0.133. The van der Waals surface area contributed by atoms with Gasteiger partial charge in [-0.3, -0.25) is 9.59 Å². The molecular formula is C21H19BrN6O2S. The summed E-state index contributed by atoms with van der Waals surface area (Å²) >= 11 is 5.14. The quantitative estimate of drug-likeness (QED) is 0.583. The van der Waals surface area contributed by atoms with Crippen LogP contribution in [0.15, 0.2) is 46.2 Å². The predicted octanol–water partition coefficient (Wildman–Crippen LogP) is 3.05. The largest absolute Gasteiger partial charge is 0.352 e. The van der Waals surface area contributed by atoms with Crippen LogP contribution in [0.25, 0.3) is 17.1 Å². The second kappa shape index (κ2) is 7.45. The number of piperazine rings is 1. The number of fused-ring (bicyclic) bond motifs is 3. The van der Waals surface area contributed by atoms with Crippen LogP contribution in [0.1, 0.15) is 29.9 Å². The molecule has 2 aliphatic heterocycles. The number of nitrogens with zero attached hydrogens (tertiary/aromatic N) is 5. The lowest BCUT2D eigenvalue weighted by Gasteiger charge is -2.40. The van der Waals surface area contributed by atoms with E-state index in [9.17, 15) is 9.59 Å². The number of amides is 2. The Bertz CT molecular complexity index is 1210. The first-order chi connectivity index (χ1) is 14.9. The van der Waals surface area contributed by atoms with Crippen molar-refractivity contribution in [3.63, 3.8) is 0 Å². The molecule has 0 atom stereocenters. The van der Waals surface area contributed by atoms with Crippen molar-refractivity contribution >= 4 is 39.5 Å². The Morgan fingerprint density at radius 3 is 2.90 bits per heavy atom. The van der Waals surface area contributed by atoms with Gasteiger partial charge in [0.15, 0.2) is 11.5 Å². The summed E-state index contributed by atoms with van der Waals surface area (Å²) in [6, 6.07) is 7.89. The van der Waals surface area contributed by atoms with Gasteiger partial charge in [-0.2, -0.15) is 5.10 Å². The Morgan fingerprint density at radius 2 is 2.13 bits per heavy atom. The number of rotatable bonds is 2. The maximum absolute atomic E-state index is 13.7. The molecule has 10 heteroatoms. The molecule has 2 amide bonds. The van der Waals surface area contributed by atoms with Gasteiger partial charge < -0.3 is 10.2 Å². The van der Waals surface area contributed by atoms with E-state index >= 15 is 0 Å². The Labute approximate surface area is 191 Å². The zero-order chi connectivity index (χ0) is 21.8. The summed E-state index contributed by atoms with van der Waals surface area (Å²) < 4.78 is 2.65. The minimum Gasteiger partial charge on any atom is -0.352 e. The molecule has 0 saturated carbocycles. The smallest absolute Gasteiger partial charge is 0.276 e. The molecule has 3 aromatic rings. The van der Waals surface area contributed by atoms with Crippen molar-refractivity contribution in [2.24, 2.45) is 0 Å². The van der Waals surface area contributed by atoms with E-state index in [2.05, 4.69) is 37.3 Å². The third-order valence-electron chi connectivity index (χ3n) is 5.62. The zero-order valence-corrected chi connectivity index (χ0v) is 19.3. The Hall–Kier alpha value is -2.72. The molecule has 2 aliphatic rings. The fourth-order valence-electron chi connectivity index (χ4n) is 3.92. The molecule has 0 unspecified atom stereocenters. The third kappa shape index (κ3) is 3.25. The maximum atomic E-state index is 13.7. The standard InChI is InChI=1S/C21H19BrN6O2S/c1-21(2)20(30)24-7-8-27(21)19(29)16-18-17(28(26-16)15-5-6-23-11-25-15)14-9-13(22)4-3-12(14)10-31-18/h3-6,9,11H,7-8,10H2,1-2H3,(H,24,30). The second-order valence-corrected chi connectivity index (χ2v) is 9.77. The van der Waals surface area contributed by atoms with E-state index in [1.807, 2.05) is 12.1 Å². The van der Waals surface area contributed by atoms with E-state index in [1.165, 1.54) is 6.33 Å². The van der Waals surface area contributed by atoms with Crippen LogP contribution in [-0.4, -0.2) is 55.1 Å². The van der Waals surface area contributed by atoms with Gasteiger partial charge in [0.25, 0.3) is 5.91 Å². The van der Waals surface area contributed by atoms with Gasteiger partial charge in [-0.1, -0.05) is 22.0 Å². The van der Waals surface area contributed by atoms with Crippen LogP contribution in [0.3, 0.4) is 0 Å². The third-order valence-corrected chi connectivity index (χ3v) is 7.25. The van der Waals surface area contributed by atoms with E-state index in [0.717, 1.165) is 31.9 Å². The van der Waals surface area contributed by atoms with Crippen molar-refractivity contribution in [2.45, 2.75) is 30.0 Å². The SMILES string of the molecule is CC1(C)C(=O)NCCN1C(=O)c1nn(-c2ccncn2)c2c1SCc1ccc(Br)cc1-2. The molecule has 1 saturated heterocycles. The summed E-state index contributed by atoms with van der Waals surface area (Å²) in [5.41, 5.74) is 2.37. The molecule has 5 rings (SSSR count). The number of hydrogen-bond acceptors (Lipinski definition) is 6. The molecule has 31 heavy (non-hydrogen) atoms. The van der Waals surface area contributed by atoms with Crippen LogP contribution in [0.2, 0.25) is 0 Å². The van der Waals surface area contributed by atoms with E-state index in [0.29, 0.717) is 24.6 Å². The minimum absolute atomic E-state index is 0.168. The number of halogens is 1. The number of carbonyl (C=O) groups is 2. The average Bonchev–Trinajstić information content (AvgIpc) is 3.16. The highest BCUT2D eigenvalue weighted by Crippen LogP contribution is 2.45. The summed E-state index contributed by atoms with van der Waals surface area (Å²) in [4.78, 5) is 36.9. The van der Waals surface area contributed by atoms with Crippen LogP contribution in [0.5, 0.6) is 0 Å². The summed E-state index contributed by atoms with van der Waals surface area (Å²) in [6.45, 7) is 4.37. The molecule has 1 aromatic carbocycles. The van der Waals surface area contributed by atoms with Crippen LogP contribution in [-0.2, 0) is 10.5 Å². The lowest BCUT2D eigenvalue weighted by atomic mass is 9.98. The number of thioether (sulfide) groups is 1. The topological polar surface area (TPSA) is 93.0 Å². The van der Waals surface area contributed by atoms with Crippen molar-refractivity contribution < 1.29 is 9.59 Å². The van der Waals surface area contributed by atoms with Crippen LogP contribution >= 0.6 is 27.7 Å². The van der Waals surface area contributed by atoms with Crippen molar-refractivity contribution in [1.29, 1.82) is 0 Å². The number of hydrogen-bond donors (Lipinski definition) is 1. The molecular weight excluding hydrogens is 480 g/mol. The fraction of sp³-hybridized carbons (Fsp3) is 0.286. The van der Waals surface area contributed by atoms with Crippen LogP contribution in [0, 0.1) is 0 Å². The Balaban J connectivity index is 1.71. The summed E-state index contributed by atoms with van der Waals surface area (Å²) in [6.07, 6.45) is 3.11. The predicted molar refractivity (Wildman–Crippen MR) is 120 cm³/mol. The highest BCUT2D eigenvalue weighted by atomic mass is 79.9. The van der Waals surface area contributed by atoms with Crippen LogP contribution < -0.4 is 5.32 Å². The van der Waals surface area contributed by atoms with Crippen molar-refractivity contribution in [1.82, 2.24) is 30.0 Å². The highest BCUT2D eigenvalue weighted by Gasteiger charge is 2.43. The van der Waals surface area contributed by atoms with Gasteiger partial charge in [-0.05, 0) is 31.5 Å². The molecule has 158 valence electrons. The number of benzene rings is 1. The summed E-state index contributed by atoms with van der Waals surface area (Å²) in [7, 11) is 0. The van der Waals surface area contributed by atoms with Crippen LogP contribution in [0.4, 0.5) is 0 Å². The number of nitrogens with one attached hydrogen (secondary N) is 1. The van der Waals surface area contributed by atoms with Crippen molar-refractivity contribution in [3.8, 4) is 17.1 Å². The minimum atomic E-state index is -0.957. The first kappa shape index (κ1) is 20.2. The van der Waals surface area contributed by atoms with E-state index in [4.69, 9.17) is 5.10 Å². The Kier molecular flexibility index (Phi) is 4.86. The maximum Gasteiger partial charge on any atom is 0.276 e. The van der Waals surface area contributed by atoms with Gasteiger partial charge in [-0.15, -0.1) is 11.8 Å². The fourth-order valence-corrected chi connectivity index (χ4v) is 5.43. The highest BCUT2D eigenvalue weighted by molar-refractivity contribution is 9.10. The van der Waals surface area contributed by atoms with Gasteiger partial charge in [-0.25, -0.2) is 14.6 Å². The van der Waals surface area contributed by atoms with E-state index in [-0.39, 0.29) is 11.8 Å². The van der Waals surface area contributed by atoms with Gasteiger partial charge in [0.1, 0.15) is 11.9 Å². The molecule has 0 bridgehead atoms.